The van der Waals surface area contributed by atoms with Gasteiger partial charge in [-0.3, -0.25) is 4.79 Å². The minimum absolute atomic E-state index is 0.295. The van der Waals surface area contributed by atoms with E-state index in [9.17, 15) is 4.79 Å². The summed E-state index contributed by atoms with van der Waals surface area (Å²) >= 11 is 0. The van der Waals surface area contributed by atoms with Crippen LogP contribution in [0, 0.1) is 0 Å². The van der Waals surface area contributed by atoms with E-state index in [1.165, 1.54) is 6.92 Å². The van der Waals surface area contributed by atoms with Gasteiger partial charge in [-0.15, -0.1) is 0 Å². The van der Waals surface area contributed by atoms with Crippen molar-refractivity contribution in [3.63, 3.8) is 0 Å². The van der Waals surface area contributed by atoms with Gasteiger partial charge in [0.2, 0.25) is 0 Å². The van der Waals surface area contributed by atoms with Crippen LogP contribution in [-0.4, -0.2) is 17.4 Å². The van der Waals surface area contributed by atoms with Crippen molar-refractivity contribution < 1.29 is 19.4 Å². The van der Waals surface area contributed by atoms with Crippen molar-refractivity contribution in [2.45, 2.75) is 26.6 Å². The molecule has 1 unspecified atom stereocenters. The molecule has 4 heteroatoms. The highest BCUT2D eigenvalue weighted by Crippen LogP contribution is 2.27. The summed E-state index contributed by atoms with van der Waals surface area (Å²) in [5, 5.41) is 9.06. The molecule has 0 aliphatic heterocycles. The predicted octanol–water partition coefficient (Wildman–Crippen LogP) is 1.72. The molecule has 0 fully saturated rings. The second-order valence-corrected chi connectivity index (χ2v) is 2.99. The Morgan fingerprint density at radius 3 is 2.53 bits per heavy atom. The van der Waals surface area contributed by atoms with E-state index >= 15 is 0 Å². The van der Waals surface area contributed by atoms with E-state index < -0.39 is 6.29 Å². The fourth-order valence-electron chi connectivity index (χ4n) is 1.01. The third kappa shape index (κ3) is 3.59. The molecule has 1 rings (SSSR count). The zero-order valence-electron chi connectivity index (χ0n) is 8.77. The lowest BCUT2D eigenvalue weighted by Gasteiger charge is -2.12. The van der Waals surface area contributed by atoms with Crippen LogP contribution < -0.4 is 9.47 Å². The molecule has 0 amide bonds. The van der Waals surface area contributed by atoms with E-state index in [0.717, 1.165) is 0 Å². The average Bonchev–Trinajstić information content (AvgIpc) is 2.20. The molecule has 1 aromatic rings. The van der Waals surface area contributed by atoms with E-state index in [4.69, 9.17) is 14.6 Å². The number of aliphatic hydroxyl groups is 1. The topological polar surface area (TPSA) is 55.8 Å². The monoisotopic (exact) mass is 210 g/mol. The van der Waals surface area contributed by atoms with Crippen LogP contribution in [0.2, 0.25) is 0 Å². The lowest BCUT2D eigenvalue weighted by molar-refractivity contribution is -0.134. The Bertz CT molecular complexity index is 333. The normalized spacial score (nSPS) is 11.9. The zero-order valence-corrected chi connectivity index (χ0v) is 8.77. The largest absolute Gasteiger partial charge is 0.462 e. The molecule has 15 heavy (non-hydrogen) atoms. The first kappa shape index (κ1) is 11.5. The summed E-state index contributed by atoms with van der Waals surface area (Å²) in [5.41, 5.74) is 0. The van der Waals surface area contributed by atoms with Crippen molar-refractivity contribution in [3.8, 4) is 11.5 Å². The van der Waals surface area contributed by atoms with Crippen LogP contribution in [0.25, 0.3) is 0 Å². The van der Waals surface area contributed by atoms with Crippen molar-refractivity contribution in [1.82, 2.24) is 0 Å². The van der Waals surface area contributed by atoms with Gasteiger partial charge >= 0.3 is 5.97 Å². The number of rotatable bonds is 4. The van der Waals surface area contributed by atoms with Gasteiger partial charge in [0.1, 0.15) is 0 Å². The molecule has 82 valence electrons. The quantitative estimate of drug-likeness (QED) is 0.467. The van der Waals surface area contributed by atoms with E-state index in [0.29, 0.717) is 17.9 Å². The maximum Gasteiger partial charge on any atom is 0.311 e. The van der Waals surface area contributed by atoms with E-state index in [1.807, 2.05) is 0 Å². The minimum atomic E-state index is -0.938. The van der Waals surface area contributed by atoms with Crippen LogP contribution in [0.4, 0.5) is 0 Å². The number of hydrogen-bond acceptors (Lipinski definition) is 4. The smallest absolute Gasteiger partial charge is 0.311 e. The minimum Gasteiger partial charge on any atom is -0.462 e. The van der Waals surface area contributed by atoms with E-state index in [-0.39, 0.29) is 5.97 Å². The van der Waals surface area contributed by atoms with Gasteiger partial charge in [0.25, 0.3) is 0 Å². The molecule has 1 aromatic carbocycles. The molecule has 1 N–H and O–H groups in total. The van der Waals surface area contributed by atoms with Crippen molar-refractivity contribution >= 4 is 5.97 Å². The average molecular weight is 210 g/mol. The van der Waals surface area contributed by atoms with Gasteiger partial charge in [-0.25, -0.2) is 0 Å². The Morgan fingerprint density at radius 1 is 1.40 bits per heavy atom. The maximum absolute atomic E-state index is 11.1. The van der Waals surface area contributed by atoms with Gasteiger partial charge in [0.15, 0.2) is 17.8 Å². The third-order valence-corrected chi connectivity index (χ3v) is 1.66. The Hall–Kier alpha value is -1.55. The Balaban J connectivity index is 2.81. The predicted molar refractivity (Wildman–Crippen MR) is 54.7 cm³/mol. The molecule has 0 aromatic heterocycles. The number of hydrogen-bond donors (Lipinski definition) is 1. The summed E-state index contributed by atoms with van der Waals surface area (Å²) in [5.74, 6) is 0.344. The number of esters is 1. The number of para-hydroxylation sites is 2. The third-order valence-electron chi connectivity index (χ3n) is 1.66. The summed E-state index contributed by atoms with van der Waals surface area (Å²) in [6.07, 6.45) is -0.644. The Morgan fingerprint density at radius 2 is 2.00 bits per heavy atom. The lowest BCUT2D eigenvalue weighted by atomic mass is 10.3. The highest BCUT2D eigenvalue weighted by molar-refractivity contribution is 5.72. The number of benzene rings is 1. The molecule has 0 aliphatic carbocycles. The summed E-state index contributed by atoms with van der Waals surface area (Å²) in [4.78, 5) is 11.1. The first-order valence-corrected chi connectivity index (χ1v) is 4.78. The van der Waals surface area contributed by atoms with Crippen molar-refractivity contribution in [2.24, 2.45) is 0 Å². The summed E-state index contributed by atoms with van der Waals surface area (Å²) < 4.78 is 10.1. The van der Waals surface area contributed by atoms with Gasteiger partial charge in [-0.05, 0) is 19.1 Å². The highest BCUT2D eigenvalue weighted by atomic mass is 16.6. The van der Waals surface area contributed by atoms with Crippen LogP contribution >= 0.6 is 0 Å². The maximum atomic E-state index is 11.1. The van der Waals surface area contributed by atoms with E-state index in [2.05, 4.69) is 0 Å². The molecule has 0 radical (unpaired) electrons. The Kier molecular flexibility index (Phi) is 4.12. The van der Waals surface area contributed by atoms with Crippen LogP contribution in [0.3, 0.4) is 0 Å². The molecule has 0 spiro atoms. The van der Waals surface area contributed by atoms with Crippen molar-refractivity contribution in [1.29, 1.82) is 0 Å². The van der Waals surface area contributed by atoms with Crippen molar-refractivity contribution in [2.75, 3.05) is 0 Å². The molecule has 0 saturated carbocycles. The molecule has 0 bridgehead atoms. The van der Waals surface area contributed by atoms with Gasteiger partial charge in [0.05, 0.1) is 0 Å². The summed E-state index contributed by atoms with van der Waals surface area (Å²) in [6, 6.07) is 6.71. The fraction of sp³-hybridized carbons (Fsp3) is 0.364. The SMILES string of the molecule is CCC(=O)Oc1ccccc1OC(C)O. The summed E-state index contributed by atoms with van der Waals surface area (Å²) in [6.45, 7) is 3.19. The number of carbonyl (C=O) groups excluding carboxylic acids is 1. The molecular weight excluding hydrogens is 196 g/mol. The molecule has 4 nitrogen and oxygen atoms in total. The molecule has 0 aliphatic rings. The first-order valence-electron chi connectivity index (χ1n) is 4.78. The first-order chi connectivity index (χ1) is 7.13. The number of carbonyl (C=O) groups is 1. The molecule has 1 atom stereocenters. The van der Waals surface area contributed by atoms with Gasteiger partial charge < -0.3 is 14.6 Å². The standard InChI is InChI=1S/C11H14O4/c1-3-11(13)15-10-7-5-4-6-9(10)14-8(2)12/h4-8,12H,3H2,1-2H3. The van der Waals surface area contributed by atoms with Gasteiger partial charge in [-0.1, -0.05) is 19.1 Å². The second-order valence-electron chi connectivity index (χ2n) is 2.99. The zero-order chi connectivity index (χ0) is 11.3. The highest BCUT2D eigenvalue weighted by Gasteiger charge is 2.09. The van der Waals surface area contributed by atoms with Crippen LogP contribution in [0.1, 0.15) is 20.3 Å². The lowest BCUT2D eigenvalue weighted by Crippen LogP contribution is -2.12. The van der Waals surface area contributed by atoms with E-state index in [1.54, 1.807) is 31.2 Å². The van der Waals surface area contributed by atoms with Crippen LogP contribution in [0.5, 0.6) is 11.5 Å². The number of ether oxygens (including phenoxy) is 2. The van der Waals surface area contributed by atoms with Crippen molar-refractivity contribution in [3.05, 3.63) is 24.3 Å². The molecule has 0 heterocycles. The van der Waals surface area contributed by atoms with Gasteiger partial charge in [-0.2, -0.15) is 0 Å². The second kappa shape index (κ2) is 5.36. The van der Waals surface area contributed by atoms with Gasteiger partial charge in [0, 0.05) is 6.42 Å². The molecule has 0 saturated heterocycles. The van der Waals surface area contributed by atoms with Crippen LogP contribution in [0.15, 0.2) is 24.3 Å². The fourth-order valence-corrected chi connectivity index (χ4v) is 1.01. The Labute approximate surface area is 88.4 Å². The summed E-state index contributed by atoms with van der Waals surface area (Å²) in [7, 11) is 0. The number of aliphatic hydroxyl groups excluding tert-OH is 1. The molecular formula is C11H14O4. The van der Waals surface area contributed by atoms with Crippen LogP contribution in [-0.2, 0) is 4.79 Å².